The van der Waals surface area contributed by atoms with Crippen molar-refractivity contribution in [2.75, 3.05) is 23.4 Å². The highest BCUT2D eigenvalue weighted by atomic mass is 16.3. The van der Waals surface area contributed by atoms with Gasteiger partial charge in [-0.25, -0.2) is 14.5 Å². The zero-order chi connectivity index (χ0) is 20.1. The lowest BCUT2D eigenvalue weighted by molar-refractivity contribution is 0.265. The molecule has 2 fully saturated rings. The monoisotopic (exact) mass is 405 g/mol. The summed E-state index contributed by atoms with van der Waals surface area (Å²) in [4.78, 5) is 15.8. The number of aliphatic hydroxyl groups is 1. The fraction of sp³-hybridized carbons (Fsp3) is 0.400. The topological polar surface area (TPSA) is 101 Å². The fourth-order valence-electron chi connectivity index (χ4n) is 4.09. The molecule has 2 aliphatic rings. The Kier molecular flexibility index (Phi) is 3.98. The Labute approximate surface area is 172 Å². The van der Waals surface area contributed by atoms with Gasteiger partial charge in [0, 0.05) is 25.0 Å². The SMILES string of the molecule is OC[C@@H]1CCCN1c1nc(Nc2cn(-c3cn(C4CC4)cn3)cn2)c2cccn2n1. The van der Waals surface area contributed by atoms with Crippen molar-refractivity contribution in [2.45, 2.75) is 37.8 Å². The summed E-state index contributed by atoms with van der Waals surface area (Å²) in [6.07, 6.45) is 13.9. The molecule has 0 radical (unpaired) electrons. The molecule has 1 atom stereocenters. The van der Waals surface area contributed by atoms with Gasteiger partial charge in [0.1, 0.15) is 17.7 Å². The van der Waals surface area contributed by atoms with Gasteiger partial charge in [0.15, 0.2) is 11.6 Å². The molecule has 4 aromatic rings. The maximum absolute atomic E-state index is 9.69. The lowest BCUT2D eigenvalue weighted by Gasteiger charge is -2.23. The van der Waals surface area contributed by atoms with Gasteiger partial charge in [0.25, 0.3) is 0 Å². The molecule has 0 spiro atoms. The van der Waals surface area contributed by atoms with Crippen molar-refractivity contribution >= 4 is 23.1 Å². The van der Waals surface area contributed by atoms with Gasteiger partial charge >= 0.3 is 0 Å². The second kappa shape index (κ2) is 6.84. The standard InChI is InChI=1S/C20H23N9O/c30-11-15-3-1-7-28(15)20-24-19(16-4-2-8-29(16)25-20)23-17-9-27(12-21-17)18-10-26(13-22-18)14-5-6-14/h2,4,8-10,12-15,30H,1,3,5-7,11H2,(H,23,24,25)/t15-/m0/s1. The Bertz CT molecular complexity index is 1190. The number of anilines is 3. The van der Waals surface area contributed by atoms with Gasteiger partial charge in [-0.05, 0) is 37.8 Å². The van der Waals surface area contributed by atoms with E-state index in [0.717, 1.165) is 30.7 Å². The van der Waals surface area contributed by atoms with Crippen LogP contribution in [0.15, 0.2) is 43.4 Å². The predicted octanol–water partition coefficient (Wildman–Crippen LogP) is 2.15. The summed E-state index contributed by atoms with van der Waals surface area (Å²) < 4.78 is 5.88. The minimum atomic E-state index is 0.0617. The van der Waals surface area contributed by atoms with E-state index >= 15 is 0 Å². The van der Waals surface area contributed by atoms with E-state index in [1.54, 1.807) is 6.33 Å². The third-order valence-electron chi connectivity index (χ3n) is 5.87. The number of nitrogens with one attached hydrogen (secondary N) is 1. The molecular weight excluding hydrogens is 382 g/mol. The van der Waals surface area contributed by atoms with Gasteiger partial charge in [0.2, 0.25) is 5.95 Å². The summed E-state index contributed by atoms with van der Waals surface area (Å²) in [6, 6.07) is 4.57. The maximum atomic E-state index is 9.69. The van der Waals surface area contributed by atoms with Crippen molar-refractivity contribution in [3.63, 3.8) is 0 Å². The Hall–Kier alpha value is -3.40. The van der Waals surface area contributed by atoms with E-state index in [9.17, 15) is 5.11 Å². The van der Waals surface area contributed by atoms with Crippen LogP contribution >= 0.6 is 0 Å². The van der Waals surface area contributed by atoms with E-state index < -0.39 is 0 Å². The molecule has 1 saturated carbocycles. The summed E-state index contributed by atoms with van der Waals surface area (Å²) in [7, 11) is 0. The number of aliphatic hydroxyl groups excluding tert-OH is 1. The van der Waals surface area contributed by atoms with E-state index in [1.807, 2.05) is 39.9 Å². The first-order valence-corrected chi connectivity index (χ1v) is 10.4. The molecule has 1 aliphatic carbocycles. The Morgan fingerprint density at radius 3 is 2.93 bits per heavy atom. The van der Waals surface area contributed by atoms with Crippen molar-refractivity contribution in [2.24, 2.45) is 0 Å². The van der Waals surface area contributed by atoms with E-state index in [1.165, 1.54) is 12.8 Å². The van der Waals surface area contributed by atoms with Crippen LogP contribution in [0.25, 0.3) is 11.3 Å². The van der Waals surface area contributed by atoms with Gasteiger partial charge in [-0.3, -0.25) is 4.57 Å². The maximum Gasteiger partial charge on any atom is 0.245 e. The molecule has 5 heterocycles. The fourth-order valence-corrected chi connectivity index (χ4v) is 4.09. The van der Waals surface area contributed by atoms with Gasteiger partial charge in [-0.1, -0.05) is 0 Å². The number of imidazole rings is 2. The number of hydrogen-bond acceptors (Lipinski definition) is 7. The van der Waals surface area contributed by atoms with Crippen LogP contribution in [0.3, 0.4) is 0 Å². The molecule has 0 bridgehead atoms. The third kappa shape index (κ3) is 3.00. The molecule has 154 valence electrons. The molecule has 0 unspecified atom stereocenters. The van der Waals surface area contributed by atoms with Crippen LogP contribution in [-0.2, 0) is 0 Å². The highest BCUT2D eigenvalue weighted by Crippen LogP contribution is 2.35. The van der Waals surface area contributed by atoms with Crippen LogP contribution in [0.5, 0.6) is 0 Å². The van der Waals surface area contributed by atoms with Gasteiger partial charge in [0.05, 0.1) is 25.2 Å². The average Bonchev–Trinajstić information content (AvgIpc) is 3.25. The summed E-state index contributed by atoms with van der Waals surface area (Å²) in [6.45, 7) is 0.948. The van der Waals surface area contributed by atoms with Crippen LogP contribution < -0.4 is 10.2 Å². The molecule has 10 nitrogen and oxygen atoms in total. The first kappa shape index (κ1) is 17.5. The summed E-state index contributed by atoms with van der Waals surface area (Å²) in [5.41, 5.74) is 0.867. The molecular formula is C20H23N9O. The van der Waals surface area contributed by atoms with Gasteiger partial charge in [-0.15, -0.1) is 5.10 Å². The first-order valence-electron chi connectivity index (χ1n) is 10.4. The summed E-state index contributed by atoms with van der Waals surface area (Å²) in [5.74, 6) is 2.83. The lowest BCUT2D eigenvalue weighted by Crippen LogP contribution is -2.34. The molecule has 0 aromatic carbocycles. The van der Waals surface area contributed by atoms with E-state index in [4.69, 9.17) is 4.98 Å². The second-order valence-electron chi connectivity index (χ2n) is 7.97. The lowest BCUT2D eigenvalue weighted by atomic mass is 10.2. The first-order chi connectivity index (χ1) is 14.8. The minimum absolute atomic E-state index is 0.0617. The average molecular weight is 405 g/mol. The van der Waals surface area contributed by atoms with Crippen molar-refractivity contribution in [1.82, 2.24) is 33.7 Å². The van der Waals surface area contributed by atoms with Crippen molar-refractivity contribution < 1.29 is 5.11 Å². The van der Waals surface area contributed by atoms with Crippen LogP contribution in [-0.4, -0.2) is 58.0 Å². The molecule has 1 aliphatic heterocycles. The van der Waals surface area contributed by atoms with Crippen molar-refractivity contribution in [3.8, 4) is 5.82 Å². The van der Waals surface area contributed by atoms with Gasteiger partial charge < -0.3 is 19.9 Å². The molecule has 0 amide bonds. The summed E-state index contributed by atoms with van der Waals surface area (Å²) >= 11 is 0. The molecule has 30 heavy (non-hydrogen) atoms. The van der Waals surface area contributed by atoms with Crippen LogP contribution in [0, 0.1) is 0 Å². The second-order valence-corrected chi connectivity index (χ2v) is 7.97. The van der Waals surface area contributed by atoms with Crippen LogP contribution in [0.2, 0.25) is 0 Å². The number of nitrogens with zero attached hydrogens (tertiary/aromatic N) is 8. The zero-order valence-electron chi connectivity index (χ0n) is 16.5. The quantitative estimate of drug-likeness (QED) is 0.507. The Balaban J connectivity index is 1.30. The van der Waals surface area contributed by atoms with Crippen LogP contribution in [0.1, 0.15) is 31.7 Å². The van der Waals surface area contributed by atoms with E-state index in [2.05, 4.69) is 36.0 Å². The third-order valence-corrected chi connectivity index (χ3v) is 5.87. The van der Waals surface area contributed by atoms with Crippen molar-refractivity contribution in [1.29, 1.82) is 0 Å². The smallest absolute Gasteiger partial charge is 0.245 e. The minimum Gasteiger partial charge on any atom is -0.394 e. The molecule has 2 N–H and O–H groups in total. The molecule has 6 rings (SSSR count). The number of fused-ring (bicyclic) bond motifs is 1. The van der Waals surface area contributed by atoms with Gasteiger partial charge in [-0.2, -0.15) is 4.98 Å². The highest BCUT2D eigenvalue weighted by molar-refractivity contribution is 5.73. The zero-order valence-corrected chi connectivity index (χ0v) is 16.5. The Morgan fingerprint density at radius 2 is 2.07 bits per heavy atom. The predicted molar refractivity (Wildman–Crippen MR) is 111 cm³/mol. The number of rotatable bonds is 6. The number of hydrogen-bond donors (Lipinski definition) is 2. The summed E-state index contributed by atoms with van der Waals surface area (Å²) in [5, 5.41) is 17.7. The Morgan fingerprint density at radius 1 is 1.13 bits per heavy atom. The number of aromatic nitrogens is 7. The largest absolute Gasteiger partial charge is 0.394 e. The molecule has 1 saturated heterocycles. The van der Waals surface area contributed by atoms with Crippen molar-refractivity contribution in [3.05, 3.63) is 43.4 Å². The molecule has 10 heteroatoms. The van der Waals surface area contributed by atoms with E-state index in [-0.39, 0.29) is 12.6 Å². The van der Waals surface area contributed by atoms with Crippen LogP contribution in [0.4, 0.5) is 17.6 Å². The van der Waals surface area contributed by atoms with E-state index in [0.29, 0.717) is 23.6 Å². The molecule has 4 aromatic heterocycles. The normalized spacial score (nSPS) is 19.1. The highest BCUT2D eigenvalue weighted by Gasteiger charge is 2.27.